The summed E-state index contributed by atoms with van der Waals surface area (Å²) >= 11 is 0. The van der Waals surface area contributed by atoms with Crippen molar-refractivity contribution in [1.82, 2.24) is 4.90 Å². The molecule has 1 atom stereocenters. The second-order valence-electron chi connectivity index (χ2n) is 6.02. The van der Waals surface area contributed by atoms with Crippen LogP contribution in [0.1, 0.15) is 61.4 Å². The number of carbonyl (C=O) groups is 1. The highest BCUT2D eigenvalue weighted by atomic mass is 16.1. The Morgan fingerprint density at radius 3 is 2.95 bits per heavy atom. The Labute approximate surface area is 123 Å². The van der Waals surface area contributed by atoms with Crippen molar-refractivity contribution >= 4 is 5.78 Å². The molecule has 0 spiro atoms. The molecule has 2 rings (SSSR count). The number of hydrogen-bond donors (Lipinski definition) is 0. The lowest BCUT2D eigenvalue weighted by molar-refractivity contribution is 0.0918. The average Bonchev–Trinajstić information content (AvgIpc) is 2.46. The predicted molar refractivity (Wildman–Crippen MR) is 84.2 cm³/mol. The minimum Gasteiger partial charge on any atom is -0.300 e. The summed E-state index contributed by atoms with van der Waals surface area (Å²) in [5.74, 6) is 0.287. The molecular weight excluding hydrogens is 246 g/mol. The first-order chi connectivity index (χ1) is 9.70. The van der Waals surface area contributed by atoms with Crippen molar-refractivity contribution < 1.29 is 4.79 Å². The summed E-state index contributed by atoms with van der Waals surface area (Å²) in [5.41, 5.74) is 2.03. The molecule has 0 aliphatic carbocycles. The maximum Gasteiger partial charge on any atom is 0.164 e. The number of rotatable bonds is 6. The summed E-state index contributed by atoms with van der Waals surface area (Å²) in [5, 5.41) is 0. The summed E-state index contributed by atoms with van der Waals surface area (Å²) in [7, 11) is 0. The van der Waals surface area contributed by atoms with E-state index in [0.29, 0.717) is 12.5 Å². The highest BCUT2D eigenvalue weighted by molar-refractivity contribution is 5.96. The zero-order valence-electron chi connectivity index (χ0n) is 12.9. The first kappa shape index (κ1) is 15.2. The second kappa shape index (κ2) is 7.58. The fourth-order valence-electron chi connectivity index (χ4n) is 3.22. The number of nitrogens with zero attached hydrogens (tertiary/aromatic N) is 1. The lowest BCUT2D eigenvalue weighted by Crippen LogP contribution is -2.40. The molecule has 1 saturated heterocycles. The van der Waals surface area contributed by atoms with Crippen LogP contribution in [0.2, 0.25) is 0 Å². The molecule has 0 amide bonds. The van der Waals surface area contributed by atoms with E-state index in [1.54, 1.807) is 0 Å². The number of ketones is 1. The van der Waals surface area contributed by atoms with Gasteiger partial charge in [0.1, 0.15) is 0 Å². The number of piperidine rings is 1. The molecular formula is C18H27NO. The van der Waals surface area contributed by atoms with Gasteiger partial charge in [0.15, 0.2) is 5.78 Å². The van der Waals surface area contributed by atoms with Crippen molar-refractivity contribution in [3.05, 3.63) is 35.4 Å². The van der Waals surface area contributed by atoms with Gasteiger partial charge in [-0.3, -0.25) is 9.69 Å². The van der Waals surface area contributed by atoms with E-state index in [-0.39, 0.29) is 5.78 Å². The molecule has 2 heteroatoms. The topological polar surface area (TPSA) is 20.3 Å². The Morgan fingerprint density at radius 2 is 2.20 bits per heavy atom. The standard InChI is InChI=1S/C18H27NO/c1-3-7-17-10-4-5-12-19(17)13-11-18(20)16-9-6-8-15(2)14-16/h6,8-9,14,17H,3-5,7,10-13H2,1-2H3. The smallest absolute Gasteiger partial charge is 0.164 e. The lowest BCUT2D eigenvalue weighted by atomic mass is 9.97. The van der Waals surface area contributed by atoms with Gasteiger partial charge < -0.3 is 0 Å². The Bertz CT molecular complexity index is 439. The van der Waals surface area contributed by atoms with Gasteiger partial charge in [-0.2, -0.15) is 0 Å². The molecule has 1 aromatic carbocycles. The molecule has 1 aromatic rings. The summed E-state index contributed by atoms with van der Waals surface area (Å²) in [6.07, 6.45) is 7.13. The summed E-state index contributed by atoms with van der Waals surface area (Å²) < 4.78 is 0. The molecule has 1 aliphatic heterocycles. The summed E-state index contributed by atoms with van der Waals surface area (Å²) in [6.45, 7) is 6.40. The van der Waals surface area contributed by atoms with E-state index in [9.17, 15) is 4.79 Å². The van der Waals surface area contributed by atoms with Gasteiger partial charge in [-0.05, 0) is 38.8 Å². The summed E-state index contributed by atoms with van der Waals surface area (Å²) in [4.78, 5) is 14.8. The van der Waals surface area contributed by atoms with E-state index >= 15 is 0 Å². The molecule has 1 fully saturated rings. The van der Waals surface area contributed by atoms with Gasteiger partial charge >= 0.3 is 0 Å². The number of benzene rings is 1. The zero-order chi connectivity index (χ0) is 14.4. The molecule has 0 N–H and O–H groups in total. The van der Waals surface area contributed by atoms with E-state index in [4.69, 9.17) is 0 Å². The Morgan fingerprint density at radius 1 is 1.35 bits per heavy atom. The first-order valence-corrected chi connectivity index (χ1v) is 8.04. The monoisotopic (exact) mass is 273 g/mol. The van der Waals surface area contributed by atoms with Gasteiger partial charge in [-0.15, -0.1) is 0 Å². The molecule has 0 aromatic heterocycles. The van der Waals surface area contributed by atoms with Crippen molar-refractivity contribution in [2.24, 2.45) is 0 Å². The minimum atomic E-state index is 0.287. The highest BCUT2D eigenvalue weighted by Gasteiger charge is 2.21. The maximum absolute atomic E-state index is 12.3. The van der Waals surface area contributed by atoms with Gasteiger partial charge in [-0.25, -0.2) is 0 Å². The van der Waals surface area contributed by atoms with Crippen molar-refractivity contribution in [2.45, 2.75) is 58.4 Å². The molecule has 1 heterocycles. The van der Waals surface area contributed by atoms with Crippen LogP contribution in [0.3, 0.4) is 0 Å². The first-order valence-electron chi connectivity index (χ1n) is 8.04. The number of likely N-dealkylation sites (tertiary alicyclic amines) is 1. The molecule has 2 nitrogen and oxygen atoms in total. The van der Waals surface area contributed by atoms with Crippen LogP contribution in [0.5, 0.6) is 0 Å². The maximum atomic E-state index is 12.3. The van der Waals surface area contributed by atoms with Gasteiger partial charge in [0.05, 0.1) is 0 Å². The average molecular weight is 273 g/mol. The molecule has 1 unspecified atom stereocenters. The third-order valence-electron chi connectivity index (χ3n) is 4.34. The molecule has 0 radical (unpaired) electrons. The van der Waals surface area contributed by atoms with Gasteiger partial charge in [0, 0.05) is 24.6 Å². The molecule has 0 saturated carbocycles. The quantitative estimate of drug-likeness (QED) is 0.723. The van der Waals surface area contributed by atoms with Crippen molar-refractivity contribution in [3.8, 4) is 0 Å². The third kappa shape index (κ3) is 4.17. The number of carbonyl (C=O) groups excluding carboxylic acids is 1. The normalized spacial score (nSPS) is 20.0. The minimum absolute atomic E-state index is 0.287. The van der Waals surface area contributed by atoms with Crippen molar-refractivity contribution in [2.75, 3.05) is 13.1 Å². The number of Topliss-reactive ketones (excluding diaryl/α,β-unsaturated/α-hetero) is 1. The SMILES string of the molecule is CCCC1CCCCN1CCC(=O)c1cccc(C)c1. The second-order valence-corrected chi connectivity index (χ2v) is 6.02. The molecule has 110 valence electrons. The summed E-state index contributed by atoms with van der Waals surface area (Å²) in [6, 6.07) is 8.66. The van der Waals surface area contributed by atoms with E-state index in [1.807, 2.05) is 31.2 Å². The van der Waals surface area contributed by atoms with Gasteiger partial charge in [0.25, 0.3) is 0 Å². The predicted octanol–water partition coefficient (Wildman–Crippen LogP) is 4.22. The molecule has 1 aliphatic rings. The molecule has 0 bridgehead atoms. The van der Waals surface area contributed by atoms with Gasteiger partial charge in [-0.1, -0.05) is 43.5 Å². The van der Waals surface area contributed by atoms with Gasteiger partial charge in [0.2, 0.25) is 0 Å². The number of hydrogen-bond acceptors (Lipinski definition) is 2. The highest BCUT2D eigenvalue weighted by Crippen LogP contribution is 2.21. The van der Waals surface area contributed by atoms with E-state index in [1.165, 1.54) is 38.6 Å². The van der Waals surface area contributed by atoms with E-state index in [2.05, 4.69) is 11.8 Å². The Balaban J connectivity index is 1.88. The Kier molecular flexibility index (Phi) is 5.78. The molecule has 20 heavy (non-hydrogen) atoms. The largest absolute Gasteiger partial charge is 0.300 e. The number of aryl methyl sites for hydroxylation is 1. The van der Waals surface area contributed by atoms with Crippen LogP contribution in [0.15, 0.2) is 24.3 Å². The lowest BCUT2D eigenvalue weighted by Gasteiger charge is -2.35. The van der Waals surface area contributed by atoms with E-state index < -0.39 is 0 Å². The van der Waals surface area contributed by atoms with Crippen LogP contribution in [0.25, 0.3) is 0 Å². The fraction of sp³-hybridized carbons (Fsp3) is 0.611. The van der Waals surface area contributed by atoms with Crippen LogP contribution in [0, 0.1) is 6.92 Å². The van der Waals surface area contributed by atoms with Crippen LogP contribution in [0.4, 0.5) is 0 Å². The fourth-order valence-corrected chi connectivity index (χ4v) is 3.22. The van der Waals surface area contributed by atoms with Crippen molar-refractivity contribution in [1.29, 1.82) is 0 Å². The third-order valence-corrected chi connectivity index (χ3v) is 4.34. The van der Waals surface area contributed by atoms with Crippen LogP contribution in [-0.2, 0) is 0 Å². The Hall–Kier alpha value is -1.15. The van der Waals surface area contributed by atoms with Crippen LogP contribution in [-0.4, -0.2) is 29.8 Å². The van der Waals surface area contributed by atoms with Crippen LogP contribution >= 0.6 is 0 Å². The van der Waals surface area contributed by atoms with Crippen LogP contribution < -0.4 is 0 Å². The zero-order valence-corrected chi connectivity index (χ0v) is 12.9. The van der Waals surface area contributed by atoms with E-state index in [0.717, 1.165) is 17.7 Å². The van der Waals surface area contributed by atoms with Crippen molar-refractivity contribution in [3.63, 3.8) is 0 Å².